The second-order valence-corrected chi connectivity index (χ2v) is 5.22. The van der Waals surface area contributed by atoms with Gasteiger partial charge in [0.05, 0.1) is 0 Å². The molecule has 1 N–H and O–H groups in total. The summed E-state index contributed by atoms with van der Waals surface area (Å²) in [5.74, 6) is 0.0656. The number of likely N-dealkylation sites (tertiary alicyclic amines) is 1. The fourth-order valence-electron chi connectivity index (χ4n) is 2.28. The van der Waals surface area contributed by atoms with Crippen LogP contribution in [0.1, 0.15) is 19.3 Å². The Morgan fingerprint density at radius 1 is 1.53 bits per heavy atom. The summed E-state index contributed by atoms with van der Waals surface area (Å²) in [6.45, 7) is 2.64. The van der Waals surface area contributed by atoms with E-state index in [1.165, 1.54) is 0 Å². The third kappa shape index (κ3) is 4.73. The summed E-state index contributed by atoms with van der Waals surface area (Å²) in [7, 11) is 0. The highest BCUT2D eigenvalue weighted by molar-refractivity contribution is 6.30. The lowest BCUT2D eigenvalue weighted by atomic mass is 10.3. The molecule has 1 aromatic carbocycles. The van der Waals surface area contributed by atoms with E-state index in [0.29, 0.717) is 11.4 Å². The second-order valence-electron chi connectivity index (χ2n) is 4.78. The van der Waals surface area contributed by atoms with Gasteiger partial charge in [-0.2, -0.15) is 0 Å². The van der Waals surface area contributed by atoms with Crippen LogP contribution in [0.15, 0.2) is 24.3 Å². The molecule has 5 heteroatoms. The van der Waals surface area contributed by atoms with Crippen LogP contribution in [0.25, 0.3) is 0 Å². The van der Waals surface area contributed by atoms with Crippen LogP contribution in [-0.2, 0) is 4.79 Å². The Labute approximate surface area is 117 Å². The molecule has 1 aliphatic rings. The van der Waals surface area contributed by atoms with Gasteiger partial charge >= 0.3 is 5.97 Å². The smallest absolute Gasteiger partial charge is 0.303 e. The lowest BCUT2D eigenvalue weighted by Gasteiger charge is -2.16. The molecule has 1 atom stereocenters. The van der Waals surface area contributed by atoms with Crippen molar-refractivity contribution in [1.29, 1.82) is 0 Å². The molecule has 2 rings (SSSR count). The molecule has 4 nitrogen and oxygen atoms in total. The van der Waals surface area contributed by atoms with Crippen molar-refractivity contribution in [1.82, 2.24) is 4.90 Å². The average molecular weight is 284 g/mol. The van der Waals surface area contributed by atoms with E-state index >= 15 is 0 Å². The van der Waals surface area contributed by atoms with Gasteiger partial charge in [-0.25, -0.2) is 0 Å². The number of ether oxygens (including phenoxy) is 1. The van der Waals surface area contributed by atoms with Gasteiger partial charge in [0, 0.05) is 24.5 Å². The Morgan fingerprint density at radius 3 is 3.11 bits per heavy atom. The fourth-order valence-corrected chi connectivity index (χ4v) is 2.46. The minimum Gasteiger partial charge on any atom is -0.489 e. The van der Waals surface area contributed by atoms with Crippen LogP contribution < -0.4 is 4.74 Å². The first kappa shape index (κ1) is 14.2. The molecule has 0 amide bonds. The van der Waals surface area contributed by atoms with Crippen LogP contribution in [0, 0.1) is 0 Å². The lowest BCUT2D eigenvalue weighted by molar-refractivity contribution is -0.137. The maximum Gasteiger partial charge on any atom is 0.303 e. The monoisotopic (exact) mass is 283 g/mol. The van der Waals surface area contributed by atoms with Crippen molar-refractivity contribution in [2.24, 2.45) is 0 Å². The number of rotatable bonds is 6. The Morgan fingerprint density at radius 2 is 2.37 bits per heavy atom. The number of carboxylic acid groups (broad SMARTS) is 1. The molecule has 0 radical (unpaired) electrons. The van der Waals surface area contributed by atoms with E-state index in [2.05, 4.69) is 4.90 Å². The van der Waals surface area contributed by atoms with E-state index in [4.69, 9.17) is 21.4 Å². The molecule has 1 aliphatic heterocycles. The van der Waals surface area contributed by atoms with Crippen molar-refractivity contribution in [3.05, 3.63) is 29.3 Å². The molecule has 0 bridgehead atoms. The Balaban J connectivity index is 1.74. The molecule has 0 saturated carbocycles. The predicted octanol–water partition coefficient (Wildman–Crippen LogP) is 2.66. The van der Waals surface area contributed by atoms with Gasteiger partial charge in [-0.15, -0.1) is 0 Å². The van der Waals surface area contributed by atoms with Crippen molar-refractivity contribution in [2.45, 2.75) is 25.4 Å². The summed E-state index contributed by atoms with van der Waals surface area (Å²) in [5.41, 5.74) is 0. The number of halogens is 1. The maximum atomic E-state index is 10.5. The van der Waals surface area contributed by atoms with Crippen molar-refractivity contribution >= 4 is 17.6 Å². The summed E-state index contributed by atoms with van der Waals surface area (Å²) in [6.07, 6.45) is 2.07. The molecule has 0 aromatic heterocycles. The van der Waals surface area contributed by atoms with Gasteiger partial charge in [0.1, 0.15) is 11.9 Å². The maximum absolute atomic E-state index is 10.5. The first-order chi connectivity index (χ1) is 9.13. The molecular weight excluding hydrogens is 266 g/mol. The van der Waals surface area contributed by atoms with Gasteiger partial charge in [0.15, 0.2) is 0 Å². The number of carboxylic acids is 1. The number of hydrogen-bond acceptors (Lipinski definition) is 3. The minimum atomic E-state index is -0.731. The molecule has 1 unspecified atom stereocenters. The van der Waals surface area contributed by atoms with E-state index in [9.17, 15) is 4.79 Å². The number of hydrogen-bond donors (Lipinski definition) is 1. The van der Waals surface area contributed by atoms with E-state index in [0.717, 1.165) is 31.8 Å². The van der Waals surface area contributed by atoms with E-state index in [-0.39, 0.29) is 12.5 Å². The van der Waals surface area contributed by atoms with Gasteiger partial charge in [0.2, 0.25) is 0 Å². The molecule has 104 valence electrons. The number of benzene rings is 1. The van der Waals surface area contributed by atoms with Gasteiger partial charge in [-0.1, -0.05) is 17.7 Å². The molecule has 1 saturated heterocycles. The van der Waals surface area contributed by atoms with Crippen LogP contribution in [0.5, 0.6) is 5.75 Å². The summed E-state index contributed by atoms with van der Waals surface area (Å²) >= 11 is 5.91. The van der Waals surface area contributed by atoms with Crippen LogP contribution in [0.4, 0.5) is 0 Å². The van der Waals surface area contributed by atoms with Crippen molar-refractivity contribution in [3.8, 4) is 5.75 Å². The summed E-state index contributed by atoms with van der Waals surface area (Å²) in [4.78, 5) is 12.7. The molecular formula is C14H18ClNO3. The minimum absolute atomic E-state index is 0.170. The standard InChI is InChI=1S/C14H18ClNO3/c15-11-3-1-4-12(9-11)19-13-6-8-16(10-13)7-2-5-14(17)18/h1,3-4,9,13H,2,5-8,10H2,(H,17,18). The SMILES string of the molecule is O=C(O)CCCN1CCC(Oc2cccc(Cl)c2)C1. The predicted molar refractivity (Wildman–Crippen MR) is 73.8 cm³/mol. The second kappa shape index (κ2) is 6.78. The number of nitrogens with zero attached hydrogens (tertiary/aromatic N) is 1. The van der Waals surface area contributed by atoms with E-state index in [1.54, 1.807) is 0 Å². The average Bonchev–Trinajstić information content (AvgIpc) is 2.76. The molecule has 19 heavy (non-hydrogen) atoms. The highest BCUT2D eigenvalue weighted by Crippen LogP contribution is 2.21. The topological polar surface area (TPSA) is 49.8 Å². The van der Waals surface area contributed by atoms with Crippen molar-refractivity contribution < 1.29 is 14.6 Å². The van der Waals surface area contributed by atoms with Crippen LogP contribution in [0.3, 0.4) is 0 Å². The summed E-state index contributed by atoms with van der Waals surface area (Å²) < 4.78 is 5.87. The molecule has 1 fully saturated rings. The quantitative estimate of drug-likeness (QED) is 0.872. The Hall–Kier alpha value is -1.26. The highest BCUT2D eigenvalue weighted by Gasteiger charge is 2.23. The highest BCUT2D eigenvalue weighted by atomic mass is 35.5. The first-order valence-corrected chi connectivity index (χ1v) is 6.87. The first-order valence-electron chi connectivity index (χ1n) is 6.50. The zero-order valence-electron chi connectivity index (χ0n) is 10.7. The van der Waals surface area contributed by atoms with Crippen molar-refractivity contribution in [3.63, 3.8) is 0 Å². The molecule has 0 aliphatic carbocycles. The van der Waals surface area contributed by atoms with Crippen LogP contribution in [-0.4, -0.2) is 41.7 Å². The third-order valence-electron chi connectivity index (χ3n) is 3.19. The van der Waals surface area contributed by atoms with Crippen molar-refractivity contribution in [2.75, 3.05) is 19.6 Å². The Bertz CT molecular complexity index is 438. The lowest BCUT2D eigenvalue weighted by Crippen LogP contribution is -2.26. The molecule has 0 spiro atoms. The van der Waals surface area contributed by atoms with E-state index in [1.807, 2.05) is 24.3 Å². The van der Waals surface area contributed by atoms with Gasteiger partial charge in [0.25, 0.3) is 0 Å². The third-order valence-corrected chi connectivity index (χ3v) is 3.43. The number of carbonyl (C=O) groups is 1. The molecule has 1 heterocycles. The Kier molecular flexibility index (Phi) is 5.05. The van der Waals surface area contributed by atoms with Gasteiger partial charge in [-0.3, -0.25) is 9.69 Å². The fraction of sp³-hybridized carbons (Fsp3) is 0.500. The van der Waals surface area contributed by atoms with Gasteiger partial charge in [-0.05, 0) is 37.6 Å². The van der Waals surface area contributed by atoms with Crippen LogP contribution in [0.2, 0.25) is 5.02 Å². The summed E-state index contributed by atoms with van der Waals surface area (Å²) in [6, 6.07) is 7.41. The summed E-state index contributed by atoms with van der Waals surface area (Å²) in [5, 5.41) is 9.28. The molecule has 1 aromatic rings. The normalized spacial score (nSPS) is 19.5. The number of aliphatic carboxylic acids is 1. The van der Waals surface area contributed by atoms with E-state index < -0.39 is 5.97 Å². The van der Waals surface area contributed by atoms with Crippen LogP contribution >= 0.6 is 11.6 Å². The zero-order valence-corrected chi connectivity index (χ0v) is 11.5. The largest absolute Gasteiger partial charge is 0.489 e. The van der Waals surface area contributed by atoms with Gasteiger partial charge < -0.3 is 9.84 Å². The zero-order chi connectivity index (χ0) is 13.7.